The van der Waals surface area contributed by atoms with Gasteiger partial charge >= 0.3 is 146 Å². The fourth-order valence-corrected chi connectivity index (χ4v) is 4.71. The Bertz CT molecular complexity index is 1070. The predicted octanol–water partition coefficient (Wildman–Crippen LogP) is -2.47. The van der Waals surface area contributed by atoms with Crippen LogP contribution in [-0.4, -0.2) is 0 Å². The van der Waals surface area contributed by atoms with Crippen LogP contribution < -0.4 is 35.3 Å². The molecule has 4 rings (SSSR count). The van der Waals surface area contributed by atoms with Gasteiger partial charge in [-0.3, -0.25) is 0 Å². The monoisotopic (exact) mass is 429 g/mol. The molecule has 0 atom stereocenters. The van der Waals surface area contributed by atoms with E-state index in [-0.39, 0.29) is 24.8 Å². The molecule has 0 aromatic heterocycles. The molecule has 3 heteroatoms. The minimum absolute atomic E-state index is 0. The van der Waals surface area contributed by atoms with Gasteiger partial charge in [-0.1, -0.05) is 0 Å². The number of halogens is 2. The maximum atomic E-state index is 2.32. The molecule has 2 aliphatic rings. The van der Waals surface area contributed by atoms with Crippen LogP contribution in [0.4, 0.5) is 0 Å². The SMILES string of the molecule is CC(C)=c1ccc2c(c1C1=CC=CC1)[C]([Zr+2])=c1ccccc1=2.[Cl-].[Cl-]. The summed E-state index contributed by atoms with van der Waals surface area (Å²) in [6.45, 7) is 4.44. The summed E-state index contributed by atoms with van der Waals surface area (Å²) in [5.74, 6) is 0. The van der Waals surface area contributed by atoms with Crippen molar-refractivity contribution in [2.75, 3.05) is 0 Å². The van der Waals surface area contributed by atoms with Crippen molar-refractivity contribution in [3.05, 3.63) is 86.6 Å². The Kier molecular flexibility index (Phi) is 6.13. The van der Waals surface area contributed by atoms with Crippen molar-refractivity contribution >= 4 is 14.4 Å². The van der Waals surface area contributed by atoms with Crippen molar-refractivity contribution < 1.29 is 49.5 Å². The van der Waals surface area contributed by atoms with E-state index in [1.54, 1.807) is 0 Å². The number of allylic oxidation sites excluding steroid dienone is 4. The van der Waals surface area contributed by atoms with Crippen LogP contribution in [-0.2, 0) is 24.7 Å². The molecular formula is C21H17Cl2Zr. The Morgan fingerprint density at radius 3 is 2.21 bits per heavy atom. The Hall–Kier alpha value is -0.877. The average Bonchev–Trinajstić information content (AvgIpc) is 3.15. The predicted molar refractivity (Wildman–Crippen MR) is 88.8 cm³/mol. The first-order chi connectivity index (χ1) is 10.7. The zero-order valence-corrected chi connectivity index (χ0v) is 17.6. The average molecular weight is 431 g/mol. The van der Waals surface area contributed by atoms with Crippen LogP contribution in [0.2, 0.25) is 0 Å². The molecule has 0 saturated carbocycles. The summed E-state index contributed by atoms with van der Waals surface area (Å²) in [6, 6.07) is 13.5. The zero-order valence-electron chi connectivity index (χ0n) is 13.7. The van der Waals surface area contributed by atoms with Crippen molar-refractivity contribution in [3.8, 4) is 0 Å². The molecule has 2 aliphatic carbocycles. The van der Waals surface area contributed by atoms with Crippen LogP contribution in [0.1, 0.15) is 31.4 Å². The van der Waals surface area contributed by atoms with Crippen molar-refractivity contribution in [3.63, 3.8) is 0 Å². The number of benzene rings is 2. The van der Waals surface area contributed by atoms with E-state index >= 15 is 0 Å². The number of rotatable bonds is 1. The summed E-state index contributed by atoms with van der Waals surface area (Å²) in [4.78, 5) is 0. The normalized spacial score (nSPS) is 13.7. The van der Waals surface area contributed by atoms with Gasteiger partial charge in [0.1, 0.15) is 0 Å². The Morgan fingerprint density at radius 1 is 0.875 bits per heavy atom. The molecule has 0 spiro atoms. The van der Waals surface area contributed by atoms with E-state index in [1.165, 1.54) is 71.1 Å². The van der Waals surface area contributed by atoms with E-state index in [2.05, 4.69) is 68.5 Å². The van der Waals surface area contributed by atoms with Gasteiger partial charge in [0.05, 0.1) is 0 Å². The Labute approximate surface area is 170 Å². The van der Waals surface area contributed by atoms with E-state index in [0.717, 1.165) is 6.42 Å². The third-order valence-electron chi connectivity index (χ3n) is 4.57. The van der Waals surface area contributed by atoms with Crippen LogP contribution in [0.15, 0.2) is 54.6 Å². The molecule has 2 aromatic carbocycles. The molecule has 0 nitrogen and oxygen atoms in total. The van der Waals surface area contributed by atoms with Gasteiger partial charge in [0.15, 0.2) is 0 Å². The van der Waals surface area contributed by atoms with Crippen molar-refractivity contribution in [2.24, 2.45) is 0 Å². The third kappa shape index (κ3) is 2.92. The Morgan fingerprint density at radius 2 is 1.58 bits per heavy atom. The van der Waals surface area contributed by atoms with E-state index in [9.17, 15) is 0 Å². The summed E-state index contributed by atoms with van der Waals surface area (Å²) in [6.07, 6.45) is 7.79. The molecular weight excluding hydrogens is 414 g/mol. The maximum Gasteiger partial charge on any atom is -1.00 e. The maximum absolute atomic E-state index is 2.32. The van der Waals surface area contributed by atoms with Gasteiger partial charge in [0, 0.05) is 0 Å². The minimum Gasteiger partial charge on any atom is -1.00 e. The molecule has 24 heavy (non-hydrogen) atoms. The topological polar surface area (TPSA) is 0 Å². The number of fused-ring (bicyclic) bond motifs is 2. The molecule has 0 saturated heterocycles. The summed E-state index contributed by atoms with van der Waals surface area (Å²) >= 11 is 1.50. The van der Waals surface area contributed by atoms with E-state index in [4.69, 9.17) is 0 Å². The minimum atomic E-state index is 0. The molecule has 0 bridgehead atoms. The summed E-state index contributed by atoms with van der Waals surface area (Å²) < 4.78 is 1.50. The zero-order chi connectivity index (χ0) is 15.3. The van der Waals surface area contributed by atoms with Gasteiger partial charge in [0.2, 0.25) is 0 Å². The van der Waals surface area contributed by atoms with Crippen molar-refractivity contribution in [1.82, 2.24) is 0 Å². The van der Waals surface area contributed by atoms with Gasteiger partial charge < -0.3 is 24.8 Å². The van der Waals surface area contributed by atoms with Gasteiger partial charge in [-0.05, 0) is 0 Å². The van der Waals surface area contributed by atoms with E-state index < -0.39 is 0 Å². The largest absolute Gasteiger partial charge is 1.00 e. The fraction of sp³-hybridized carbons (Fsp3) is 0.143. The van der Waals surface area contributed by atoms with E-state index in [1.807, 2.05) is 0 Å². The van der Waals surface area contributed by atoms with Crippen LogP contribution in [0, 0.1) is 10.4 Å². The first-order valence-corrected chi connectivity index (χ1v) is 8.93. The fourth-order valence-electron chi connectivity index (χ4n) is 3.54. The molecule has 0 fully saturated rings. The van der Waals surface area contributed by atoms with Gasteiger partial charge in [0.25, 0.3) is 0 Å². The van der Waals surface area contributed by atoms with E-state index in [0.29, 0.717) is 0 Å². The van der Waals surface area contributed by atoms with Crippen molar-refractivity contribution in [2.45, 2.75) is 20.3 Å². The summed E-state index contributed by atoms with van der Waals surface area (Å²) in [5, 5.41) is 5.64. The number of hydrogen-bond donors (Lipinski definition) is 0. The molecule has 2 aromatic rings. The summed E-state index contributed by atoms with van der Waals surface area (Å²) in [5.41, 5.74) is 5.80. The van der Waals surface area contributed by atoms with Gasteiger partial charge in [-0.25, -0.2) is 0 Å². The Balaban J connectivity index is 0.00000104. The smallest absolute Gasteiger partial charge is 1.00 e. The third-order valence-corrected chi connectivity index (χ3v) is 5.85. The van der Waals surface area contributed by atoms with Crippen LogP contribution in [0.5, 0.6) is 0 Å². The molecule has 119 valence electrons. The van der Waals surface area contributed by atoms with Crippen molar-refractivity contribution in [1.29, 1.82) is 0 Å². The first kappa shape index (κ1) is 19.4. The molecule has 0 unspecified atom stereocenters. The molecule has 0 radical (unpaired) electrons. The van der Waals surface area contributed by atoms with Crippen LogP contribution in [0.3, 0.4) is 0 Å². The second-order valence-corrected chi connectivity index (χ2v) is 7.38. The second-order valence-electron chi connectivity index (χ2n) is 6.16. The first-order valence-electron chi connectivity index (χ1n) is 7.71. The van der Waals surface area contributed by atoms with Gasteiger partial charge in [-0.15, -0.1) is 0 Å². The standard InChI is InChI=1S/C21H17.2ClH.Zr/c1-14(2)17-11-12-19-18-10-6-5-9-16(18)13-20(19)21(17)15-7-3-4-8-15;;;/h3-7,9-12H,8H2,1-2H3;2*1H;/q;;;+2/p-2. The second kappa shape index (κ2) is 7.56. The van der Waals surface area contributed by atoms with Crippen LogP contribution in [0.25, 0.3) is 14.4 Å². The quantitative estimate of drug-likeness (QED) is 0.470. The van der Waals surface area contributed by atoms with Crippen LogP contribution >= 0.6 is 0 Å². The van der Waals surface area contributed by atoms with Gasteiger partial charge in [-0.2, -0.15) is 0 Å². The molecule has 0 N–H and O–H groups in total. The molecule has 0 aliphatic heterocycles. The summed E-state index contributed by atoms with van der Waals surface area (Å²) in [7, 11) is 0. The molecule has 0 amide bonds. The number of hydrogen-bond acceptors (Lipinski definition) is 0. The molecule has 0 heterocycles.